The fourth-order valence-electron chi connectivity index (χ4n) is 3.70. The maximum absolute atomic E-state index is 12.7. The molecule has 6 nitrogen and oxygen atoms in total. The van der Waals surface area contributed by atoms with Crippen molar-refractivity contribution in [3.63, 3.8) is 0 Å². The summed E-state index contributed by atoms with van der Waals surface area (Å²) in [5, 5.41) is 3.11. The Kier molecular flexibility index (Phi) is 6.98. The Morgan fingerprint density at radius 2 is 1.67 bits per heavy atom. The molecule has 0 saturated carbocycles. The highest BCUT2D eigenvalue weighted by Crippen LogP contribution is 2.28. The van der Waals surface area contributed by atoms with Gasteiger partial charge in [0.25, 0.3) is 5.91 Å². The number of aryl methyl sites for hydroxylation is 2. The van der Waals surface area contributed by atoms with E-state index in [-0.39, 0.29) is 17.9 Å². The standard InChI is InChI=1S/C24H30N2O4/c1-16-5-7-19(13-17(16)2)24(28)25-20-9-11-26(12-10-20)23(27)15-18-6-8-21(29-3)22(14-18)30-4/h5-8,13-14,20H,9-12,15H2,1-4H3,(H,25,28). The predicted octanol–water partition coefficient (Wildman–Crippen LogP) is 3.28. The lowest BCUT2D eigenvalue weighted by molar-refractivity contribution is -0.131. The van der Waals surface area contributed by atoms with E-state index < -0.39 is 0 Å². The Bertz CT molecular complexity index is 917. The average molecular weight is 411 g/mol. The summed E-state index contributed by atoms with van der Waals surface area (Å²) in [6.07, 6.45) is 1.84. The van der Waals surface area contributed by atoms with Crippen molar-refractivity contribution < 1.29 is 19.1 Å². The van der Waals surface area contributed by atoms with Gasteiger partial charge in [-0.15, -0.1) is 0 Å². The van der Waals surface area contributed by atoms with Crippen LogP contribution in [0, 0.1) is 13.8 Å². The molecule has 1 N–H and O–H groups in total. The van der Waals surface area contributed by atoms with E-state index in [9.17, 15) is 9.59 Å². The van der Waals surface area contributed by atoms with Crippen LogP contribution in [0.1, 0.15) is 39.9 Å². The number of ether oxygens (including phenoxy) is 2. The molecule has 30 heavy (non-hydrogen) atoms. The smallest absolute Gasteiger partial charge is 0.251 e. The van der Waals surface area contributed by atoms with Gasteiger partial charge < -0.3 is 19.7 Å². The topological polar surface area (TPSA) is 67.9 Å². The lowest BCUT2D eigenvalue weighted by Crippen LogP contribution is -2.47. The van der Waals surface area contributed by atoms with Gasteiger partial charge in [0, 0.05) is 24.7 Å². The van der Waals surface area contributed by atoms with Gasteiger partial charge in [0.2, 0.25) is 5.91 Å². The van der Waals surface area contributed by atoms with E-state index >= 15 is 0 Å². The molecule has 1 aliphatic rings. The van der Waals surface area contributed by atoms with Crippen LogP contribution in [-0.2, 0) is 11.2 Å². The summed E-state index contributed by atoms with van der Waals surface area (Å²) in [6, 6.07) is 11.4. The molecule has 1 aliphatic heterocycles. The maximum atomic E-state index is 12.7. The molecule has 160 valence electrons. The number of nitrogens with one attached hydrogen (secondary N) is 1. The number of likely N-dealkylation sites (tertiary alicyclic amines) is 1. The molecule has 1 saturated heterocycles. The number of carbonyl (C=O) groups excluding carboxylic acids is 2. The summed E-state index contributed by atoms with van der Waals surface area (Å²) >= 11 is 0. The van der Waals surface area contributed by atoms with E-state index in [0.29, 0.717) is 36.6 Å². The summed E-state index contributed by atoms with van der Waals surface area (Å²) in [5.41, 5.74) is 3.86. The van der Waals surface area contributed by atoms with Crippen molar-refractivity contribution in [3.05, 3.63) is 58.7 Å². The minimum atomic E-state index is -0.0480. The molecule has 1 heterocycles. The van der Waals surface area contributed by atoms with Crippen LogP contribution < -0.4 is 14.8 Å². The number of rotatable bonds is 6. The molecule has 0 bridgehead atoms. The maximum Gasteiger partial charge on any atom is 0.251 e. The molecule has 0 spiro atoms. The monoisotopic (exact) mass is 410 g/mol. The van der Waals surface area contributed by atoms with Gasteiger partial charge in [-0.1, -0.05) is 12.1 Å². The van der Waals surface area contributed by atoms with Crippen LogP contribution in [-0.4, -0.2) is 50.1 Å². The third-order valence-corrected chi connectivity index (χ3v) is 5.76. The molecule has 3 rings (SSSR count). The second kappa shape index (κ2) is 9.65. The fourth-order valence-corrected chi connectivity index (χ4v) is 3.70. The van der Waals surface area contributed by atoms with Crippen LogP contribution >= 0.6 is 0 Å². The highest BCUT2D eigenvalue weighted by atomic mass is 16.5. The molecular weight excluding hydrogens is 380 g/mol. The molecule has 1 fully saturated rings. The Hall–Kier alpha value is -3.02. The lowest BCUT2D eigenvalue weighted by atomic mass is 10.0. The number of hydrogen-bond donors (Lipinski definition) is 1. The summed E-state index contributed by atoms with van der Waals surface area (Å²) < 4.78 is 10.6. The largest absolute Gasteiger partial charge is 0.493 e. The minimum Gasteiger partial charge on any atom is -0.493 e. The van der Waals surface area contributed by atoms with Gasteiger partial charge in [-0.25, -0.2) is 0 Å². The predicted molar refractivity (Wildman–Crippen MR) is 116 cm³/mol. The van der Waals surface area contributed by atoms with Gasteiger partial charge in [0.1, 0.15) is 0 Å². The zero-order chi connectivity index (χ0) is 21.7. The number of nitrogens with zero attached hydrogens (tertiary/aromatic N) is 1. The average Bonchev–Trinajstić information content (AvgIpc) is 2.75. The van der Waals surface area contributed by atoms with Gasteiger partial charge in [-0.05, 0) is 67.6 Å². The molecule has 0 aromatic heterocycles. The number of methoxy groups -OCH3 is 2. The van der Waals surface area contributed by atoms with Gasteiger partial charge in [0.15, 0.2) is 11.5 Å². The van der Waals surface area contributed by atoms with Crippen molar-refractivity contribution in [1.29, 1.82) is 0 Å². The first-order valence-electron chi connectivity index (χ1n) is 10.3. The zero-order valence-electron chi connectivity index (χ0n) is 18.2. The summed E-state index contributed by atoms with van der Waals surface area (Å²) in [4.78, 5) is 27.1. The number of amides is 2. The first-order valence-corrected chi connectivity index (χ1v) is 10.3. The Balaban J connectivity index is 1.51. The highest BCUT2D eigenvalue weighted by molar-refractivity contribution is 5.94. The van der Waals surface area contributed by atoms with Crippen molar-refractivity contribution >= 4 is 11.8 Å². The molecule has 2 aromatic carbocycles. The van der Waals surface area contributed by atoms with Crippen LogP contribution in [0.2, 0.25) is 0 Å². The van der Waals surface area contributed by atoms with E-state index in [1.54, 1.807) is 14.2 Å². The van der Waals surface area contributed by atoms with Crippen molar-refractivity contribution in [2.45, 2.75) is 39.2 Å². The molecule has 0 atom stereocenters. The highest BCUT2D eigenvalue weighted by Gasteiger charge is 2.24. The second-order valence-electron chi connectivity index (χ2n) is 7.79. The first-order chi connectivity index (χ1) is 14.4. The van der Waals surface area contributed by atoms with Crippen molar-refractivity contribution in [2.75, 3.05) is 27.3 Å². The fraction of sp³-hybridized carbons (Fsp3) is 0.417. The van der Waals surface area contributed by atoms with Crippen LogP contribution in [0.3, 0.4) is 0 Å². The quantitative estimate of drug-likeness (QED) is 0.794. The minimum absolute atomic E-state index is 0.0480. The molecule has 2 aromatic rings. The molecule has 0 unspecified atom stereocenters. The third kappa shape index (κ3) is 5.12. The molecule has 6 heteroatoms. The number of piperidine rings is 1. The van der Waals surface area contributed by atoms with Crippen LogP contribution in [0.5, 0.6) is 11.5 Å². The van der Waals surface area contributed by atoms with E-state index in [2.05, 4.69) is 5.32 Å². The molecule has 0 aliphatic carbocycles. The van der Waals surface area contributed by atoms with E-state index in [0.717, 1.165) is 24.0 Å². The number of carbonyl (C=O) groups is 2. The normalized spacial score (nSPS) is 14.3. The van der Waals surface area contributed by atoms with Crippen molar-refractivity contribution in [1.82, 2.24) is 10.2 Å². The zero-order valence-corrected chi connectivity index (χ0v) is 18.2. The summed E-state index contributed by atoms with van der Waals surface area (Å²) in [7, 11) is 3.17. The Morgan fingerprint density at radius 1 is 0.967 bits per heavy atom. The summed E-state index contributed by atoms with van der Waals surface area (Å²) in [6.45, 7) is 5.33. The van der Waals surface area contributed by atoms with Gasteiger partial charge in [-0.3, -0.25) is 9.59 Å². The number of benzene rings is 2. The van der Waals surface area contributed by atoms with Gasteiger partial charge >= 0.3 is 0 Å². The van der Waals surface area contributed by atoms with Crippen LogP contribution in [0.15, 0.2) is 36.4 Å². The van der Waals surface area contributed by atoms with E-state index in [1.807, 2.05) is 55.1 Å². The second-order valence-corrected chi connectivity index (χ2v) is 7.79. The third-order valence-electron chi connectivity index (χ3n) is 5.76. The van der Waals surface area contributed by atoms with E-state index in [1.165, 1.54) is 5.56 Å². The number of hydrogen-bond acceptors (Lipinski definition) is 4. The SMILES string of the molecule is COc1ccc(CC(=O)N2CCC(NC(=O)c3ccc(C)c(C)c3)CC2)cc1OC. The van der Waals surface area contributed by atoms with Crippen LogP contribution in [0.4, 0.5) is 0 Å². The van der Waals surface area contributed by atoms with Crippen molar-refractivity contribution in [3.8, 4) is 11.5 Å². The van der Waals surface area contributed by atoms with Crippen molar-refractivity contribution in [2.24, 2.45) is 0 Å². The summed E-state index contributed by atoms with van der Waals surface area (Å²) in [5.74, 6) is 1.30. The first kappa shape index (κ1) is 21.7. The van der Waals surface area contributed by atoms with Crippen LogP contribution in [0.25, 0.3) is 0 Å². The van der Waals surface area contributed by atoms with Gasteiger partial charge in [0.05, 0.1) is 20.6 Å². The lowest BCUT2D eigenvalue weighted by Gasteiger charge is -2.32. The Morgan fingerprint density at radius 3 is 2.30 bits per heavy atom. The molecular formula is C24H30N2O4. The van der Waals surface area contributed by atoms with E-state index in [4.69, 9.17) is 9.47 Å². The molecule has 2 amide bonds. The molecule has 0 radical (unpaired) electrons. The Labute approximate surface area is 178 Å². The van der Waals surface area contributed by atoms with Gasteiger partial charge in [-0.2, -0.15) is 0 Å².